The fourth-order valence-electron chi connectivity index (χ4n) is 3.08. The summed E-state index contributed by atoms with van der Waals surface area (Å²) in [6.07, 6.45) is 1.13. The van der Waals surface area contributed by atoms with Crippen LogP contribution in [-0.4, -0.2) is 6.54 Å². The number of nitrogens with one attached hydrogen (secondary N) is 1. The molecule has 1 aliphatic rings. The Morgan fingerprint density at radius 2 is 1.71 bits per heavy atom. The molecule has 1 aliphatic heterocycles. The molecule has 1 heteroatoms. The van der Waals surface area contributed by atoms with E-state index >= 15 is 0 Å². The van der Waals surface area contributed by atoms with E-state index in [1.807, 2.05) is 0 Å². The molecular weight excluding hydrogens is 254 g/mol. The third-order valence-corrected chi connectivity index (χ3v) is 4.48. The zero-order chi connectivity index (χ0) is 15.0. The standard InChI is InChI=1S/C20H25N/c1-14-5-7-16(8-6-14)19-18-13-17(20(2,3)4)10-9-15(18)11-12-21-19/h5-10,13,19,21H,11-12H2,1-4H3. The summed E-state index contributed by atoms with van der Waals surface area (Å²) in [6.45, 7) is 10.0. The number of hydrogen-bond donors (Lipinski definition) is 1. The van der Waals surface area contributed by atoms with Crippen LogP contribution in [0.5, 0.6) is 0 Å². The molecule has 1 heterocycles. The molecule has 3 rings (SSSR count). The number of hydrogen-bond acceptors (Lipinski definition) is 1. The predicted molar refractivity (Wildman–Crippen MR) is 89.9 cm³/mol. The van der Waals surface area contributed by atoms with Gasteiger partial charge in [-0.1, -0.05) is 68.8 Å². The van der Waals surface area contributed by atoms with Gasteiger partial charge in [0.25, 0.3) is 0 Å². The summed E-state index contributed by atoms with van der Waals surface area (Å²) in [5.41, 5.74) is 7.25. The van der Waals surface area contributed by atoms with Crippen molar-refractivity contribution >= 4 is 0 Å². The van der Waals surface area contributed by atoms with E-state index in [1.54, 1.807) is 0 Å². The molecule has 0 saturated carbocycles. The summed E-state index contributed by atoms with van der Waals surface area (Å²) in [5.74, 6) is 0. The molecule has 2 aromatic carbocycles. The molecule has 0 amide bonds. The fourth-order valence-corrected chi connectivity index (χ4v) is 3.08. The first-order valence-electron chi connectivity index (χ1n) is 7.88. The van der Waals surface area contributed by atoms with Crippen molar-refractivity contribution in [2.45, 2.75) is 45.6 Å². The molecule has 1 unspecified atom stereocenters. The maximum atomic E-state index is 3.69. The van der Waals surface area contributed by atoms with Gasteiger partial charge in [0.15, 0.2) is 0 Å². The Bertz CT molecular complexity index is 632. The van der Waals surface area contributed by atoms with Crippen molar-refractivity contribution in [3.8, 4) is 0 Å². The Morgan fingerprint density at radius 3 is 2.38 bits per heavy atom. The lowest BCUT2D eigenvalue weighted by molar-refractivity contribution is 0.555. The molecule has 0 spiro atoms. The van der Waals surface area contributed by atoms with Gasteiger partial charge in [-0.05, 0) is 41.0 Å². The molecule has 110 valence electrons. The van der Waals surface area contributed by atoms with Crippen LogP contribution < -0.4 is 5.32 Å². The topological polar surface area (TPSA) is 12.0 Å². The second-order valence-electron chi connectivity index (χ2n) is 7.21. The molecule has 0 saturated heterocycles. The van der Waals surface area contributed by atoms with Gasteiger partial charge in [0.2, 0.25) is 0 Å². The Balaban J connectivity index is 2.05. The highest BCUT2D eigenvalue weighted by Crippen LogP contribution is 2.33. The first-order valence-corrected chi connectivity index (χ1v) is 7.88. The SMILES string of the molecule is Cc1ccc(C2NCCc3ccc(C(C)(C)C)cc32)cc1. The first-order chi connectivity index (χ1) is 9.95. The van der Waals surface area contributed by atoms with Gasteiger partial charge in [0.1, 0.15) is 0 Å². The molecule has 2 aromatic rings. The molecule has 1 N–H and O–H groups in total. The highest BCUT2D eigenvalue weighted by molar-refractivity contribution is 5.43. The minimum atomic E-state index is 0.199. The van der Waals surface area contributed by atoms with Crippen LogP contribution in [0.4, 0.5) is 0 Å². The zero-order valence-electron chi connectivity index (χ0n) is 13.5. The maximum absolute atomic E-state index is 3.69. The summed E-state index contributed by atoms with van der Waals surface area (Å²) in [4.78, 5) is 0. The molecule has 0 fully saturated rings. The van der Waals surface area contributed by atoms with E-state index in [1.165, 1.54) is 27.8 Å². The van der Waals surface area contributed by atoms with Gasteiger partial charge in [-0.3, -0.25) is 0 Å². The quantitative estimate of drug-likeness (QED) is 0.809. The lowest BCUT2D eigenvalue weighted by atomic mass is 9.81. The second-order valence-corrected chi connectivity index (χ2v) is 7.21. The molecule has 0 radical (unpaired) electrons. The molecule has 0 bridgehead atoms. The van der Waals surface area contributed by atoms with Crippen LogP contribution in [0.3, 0.4) is 0 Å². The van der Waals surface area contributed by atoms with Crippen molar-refractivity contribution in [1.29, 1.82) is 0 Å². The van der Waals surface area contributed by atoms with Crippen molar-refractivity contribution < 1.29 is 0 Å². The van der Waals surface area contributed by atoms with Crippen LogP contribution in [0.25, 0.3) is 0 Å². The maximum Gasteiger partial charge on any atom is 0.0579 e. The third-order valence-electron chi connectivity index (χ3n) is 4.48. The number of rotatable bonds is 1. The fraction of sp³-hybridized carbons (Fsp3) is 0.400. The van der Waals surface area contributed by atoms with Gasteiger partial charge in [-0.25, -0.2) is 0 Å². The minimum Gasteiger partial charge on any atom is -0.306 e. The van der Waals surface area contributed by atoms with Crippen LogP contribution in [0.15, 0.2) is 42.5 Å². The monoisotopic (exact) mass is 279 g/mol. The van der Waals surface area contributed by atoms with E-state index in [-0.39, 0.29) is 5.41 Å². The number of fused-ring (bicyclic) bond motifs is 1. The van der Waals surface area contributed by atoms with E-state index in [0.717, 1.165) is 13.0 Å². The minimum absolute atomic E-state index is 0.199. The molecule has 21 heavy (non-hydrogen) atoms. The van der Waals surface area contributed by atoms with Crippen LogP contribution in [0.1, 0.15) is 54.6 Å². The molecule has 1 nitrogen and oxygen atoms in total. The van der Waals surface area contributed by atoms with Crippen molar-refractivity contribution in [3.63, 3.8) is 0 Å². The van der Waals surface area contributed by atoms with Gasteiger partial charge < -0.3 is 5.32 Å². The predicted octanol–water partition coefficient (Wildman–Crippen LogP) is 4.53. The Labute approximate surface area is 128 Å². The van der Waals surface area contributed by atoms with E-state index in [9.17, 15) is 0 Å². The molecular formula is C20H25N. The average Bonchev–Trinajstić information content (AvgIpc) is 2.46. The van der Waals surface area contributed by atoms with E-state index < -0.39 is 0 Å². The number of aryl methyl sites for hydroxylation is 1. The third kappa shape index (κ3) is 2.89. The Kier molecular flexibility index (Phi) is 3.62. The molecule has 1 atom stereocenters. The van der Waals surface area contributed by atoms with Crippen LogP contribution in [0, 0.1) is 6.92 Å². The number of benzene rings is 2. The largest absolute Gasteiger partial charge is 0.306 e. The van der Waals surface area contributed by atoms with Gasteiger partial charge in [0, 0.05) is 6.54 Å². The Morgan fingerprint density at radius 1 is 1.00 bits per heavy atom. The van der Waals surface area contributed by atoms with Crippen LogP contribution >= 0.6 is 0 Å². The average molecular weight is 279 g/mol. The van der Waals surface area contributed by atoms with Crippen LogP contribution in [-0.2, 0) is 11.8 Å². The molecule has 0 aliphatic carbocycles. The highest BCUT2D eigenvalue weighted by atomic mass is 14.9. The summed E-state index contributed by atoms with van der Waals surface area (Å²) < 4.78 is 0. The lowest BCUT2D eigenvalue weighted by Gasteiger charge is -2.30. The molecule has 0 aromatic heterocycles. The smallest absolute Gasteiger partial charge is 0.0579 e. The Hall–Kier alpha value is -1.60. The van der Waals surface area contributed by atoms with Crippen molar-refractivity contribution in [2.24, 2.45) is 0 Å². The summed E-state index contributed by atoms with van der Waals surface area (Å²) in [7, 11) is 0. The first kappa shape index (κ1) is 14.3. The van der Waals surface area contributed by atoms with Gasteiger partial charge >= 0.3 is 0 Å². The van der Waals surface area contributed by atoms with Crippen LogP contribution in [0.2, 0.25) is 0 Å². The van der Waals surface area contributed by atoms with E-state index in [2.05, 4.69) is 75.5 Å². The van der Waals surface area contributed by atoms with Crippen molar-refractivity contribution in [2.75, 3.05) is 6.54 Å². The second kappa shape index (κ2) is 5.31. The zero-order valence-corrected chi connectivity index (χ0v) is 13.5. The van der Waals surface area contributed by atoms with E-state index in [4.69, 9.17) is 0 Å². The lowest BCUT2D eigenvalue weighted by Crippen LogP contribution is -2.31. The van der Waals surface area contributed by atoms with E-state index in [0.29, 0.717) is 6.04 Å². The summed E-state index contributed by atoms with van der Waals surface area (Å²) >= 11 is 0. The van der Waals surface area contributed by atoms with Gasteiger partial charge in [-0.2, -0.15) is 0 Å². The van der Waals surface area contributed by atoms with Crippen molar-refractivity contribution in [3.05, 3.63) is 70.3 Å². The highest BCUT2D eigenvalue weighted by Gasteiger charge is 2.23. The van der Waals surface area contributed by atoms with Gasteiger partial charge in [0.05, 0.1) is 6.04 Å². The van der Waals surface area contributed by atoms with Gasteiger partial charge in [-0.15, -0.1) is 0 Å². The van der Waals surface area contributed by atoms with Crippen molar-refractivity contribution in [1.82, 2.24) is 5.32 Å². The summed E-state index contributed by atoms with van der Waals surface area (Å²) in [5, 5.41) is 3.69. The normalized spacial score (nSPS) is 18.4. The summed E-state index contributed by atoms with van der Waals surface area (Å²) in [6, 6.07) is 16.3.